The van der Waals surface area contributed by atoms with Crippen LogP contribution in [0.25, 0.3) is 10.2 Å². The van der Waals surface area contributed by atoms with Crippen molar-refractivity contribution in [3.63, 3.8) is 0 Å². The fourth-order valence-electron chi connectivity index (χ4n) is 3.22. The van der Waals surface area contributed by atoms with Gasteiger partial charge in [-0.25, -0.2) is 9.78 Å². The third-order valence-electron chi connectivity index (χ3n) is 4.68. The standard InChI is InChI=1S/C19H25N3O3S/c1-25-19(24)22-12-10-14(11-13-22)20-17(23)8-4-5-9-18-21-15-6-2-3-7-16(15)26-18/h2-3,6-7,14H,4-5,8-13H2,1H3,(H,20,23). The average molecular weight is 375 g/mol. The SMILES string of the molecule is COC(=O)N1CCC(NC(=O)CCCCc2nc3ccccc3s2)CC1. The highest BCUT2D eigenvalue weighted by Crippen LogP contribution is 2.22. The second-order valence-corrected chi connectivity index (χ2v) is 7.70. The van der Waals surface area contributed by atoms with E-state index in [1.165, 1.54) is 11.8 Å². The number of para-hydroxylation sites is 1. The number of aryl methyl sites for hydroxylation is 1. The first kappa shape index (κ1) is 18.6. The van der Waals surface area contributed by atoms with Crippen LogP contribution in [-0.4, -0.2) is 48.1 Å². The van der Waals surface area contributed by atoms with Gasteiger partial charge in [-0.05, 0) is 44.2 Å². The van der Waals surface area contributed by atoms with Crippen LogP contribution < -0.4 is 5.32 Å². The molecule has 1 aliphatic heterocycles. The van der Waals surface area contributed by atoms with E-state index in [2.05, 4.69) is 16.4 Å². The maximum absolute atomic E-state index is 12.1. The van der Waals surface area contributed by atoms with Gasteiger partial charge in [-0.3, -0.25) is 4.79 Å². The topological polar surface area (TPSA) is 71.5 Å². The smallest absolute Gasteiger partial charge is 0.409 e. The zero-order chi connectivity index (χ0) is 18.4. The number of ether oxygens (including phenoxy) is 1. The molecule has 2 aromatic rings. The normalized spacial score (nSPS) is 15.2. The van der Waals surface area contributed by atoms with Crippen LogP contribution in [-0.2, 0) is 16.0 Å². The van der Waals surface area contributed by atoms with Crippen molar-refractivity contribution < 1.29 is 14.3 Å². The monoisotopic (exact) mass is 375 g/mol. The summed E-state index contributed by atoms with van der Waals surface area (Å²) in [6, 6.07) is 8.33. The number of nitrogens with one attached hydrogen (secondary N) is 1. The van der Waals surface area contributed by atoms with Gasteiger partial charge in [-0.2, -0.15) is 0 Å². The lowest BCUT2D eigenvalue weighted by molar-refractivity contribution is -0.122. The Kier molecular flexibility index (Phi) is 6.44. The third kappa shape index (κ3) is 4.94. The average Bonchev–Trinajstić information content (AvgIpc) is 3.08. The number of hydrogen-bond acceptors (Lipinski definition) is 5. The van der Waals surface area contributed by atoms with Gasteiger partial charge < -0.3 is 15.0 Å². The fourth-order valence-corrected chi connectivity index (χ4v) is 4.23. The van der Waals surface area contributed by atoms with Crippen molar-refractivity contribution in [2.24, 2.45) is 0 Å². The molecular formula is C19H25N3O3S. The van der Waals surface area contributed by atoms with E-state index in [1.807, 2.05) is 18.2 Å². The molecule has 6 nitrogen and oxygen atoms in total. The number of rotatable bonds is 6. The Morgan fingerprint density at radius 2 is 2.04 bits per heavy atom. The van der Waals surface area contributed by atoms with Crippen LogP contribution in [0.15, 0.2) is 24.3 Å². The molecule has 7 heteroatoms. The Labute approximate surface area is 157 Å². The van der Waals surface area contributed by atoms with Gasteiger partial charge in [0.25, 0.3) is 0 Å². The number of benzene rings is 1. The molecule has 3 rings (SSSR count). The summed E-state index contributed by atoms with van der Waals surface area (Å²) in [5.41, 5.74) is 1.06. The number of carbonyl (C=O) groups is 2. The van der Waals surface area contributed by atoms with Crippen LogP contribution in [0.5, 0.6) is 0 Å². The Hall–Kier alpha value is -2.15. The van der Waals surface area contributed by atoms with Gasteiger partial charge in [-0.1, -0.05) is 12.1 Å². The molecule has 2 amide bonds. The molecule has 0 aliphatic carbocycles. The number of fused-ring (bicyclic) bond motifs is 1. The van der Waals surface area contributed by atoms with Gasteiger partial charge in [0, 0.05) is 25.6 Å². The second kappa shape index (κ2) is 8.98. The van der Waals surface area contributed by atoms with Crippen molar-refractivity contribution in [1.82, 2.24) is 15.2 Å². The fraction of sp³-hybridized carbons (Fsp3) is 0.526. The lowest BCUT2D eigenvalue weighted by Crippen LogP contribution is -2.46. The number of thiazole rings is 1. The van der Waals surface area contributed by atoms with Crippen molar-refractivity contribution >= 4 is 33.6 Å². The van der Waals surface area contributed by atoms with E-state index in [0.717, 1.165) is 42.6 Å². The number of nitrogens with zero attached hydrogens (tertiary/aromatic N) is 2. The van der Waals surface area contributed by atoms with Crippen LogP contribution in [0.3, 0.4) is 0 Å². The molecule has 1 N–H and O–H groups in total. The molecule has 26 heavy (non-hydrogen) atoms. The molecule has 1 saturated heterocycles. The van der Waals surface area contributed by atoms with E-state index in [1.54, 1.807) is 16.2 Å². The molecule has 0 saturated carbocycles. The van der Waals surface area contributed by atoms with Crippen LogP contribution in [0.1, 0.15) is 37.1 Å². The van der Waals surface area contributed by atoms with E-state index >= 15 is 0 Å². The molecular weight excluding hydrogens is 350 g/mol. The molecule has 0 radical (unpaired) electrons. The Balaban J connectivity index is 1.32. The zero-order valence-electron chi connectivity index (χ0n) is 15.1. The quantitative estimate of drug-likeness (QED) is 0.786. The van der Waals surface area contributed by atoms with E-state index in [4.69, 9.17) is 4.74 Å². The molecule has 1 fully saturated rings. The lowest BCUT2D eigenvalue weighted by Gasteiger charge is -2.31. The van der Waals surface area contributed by atoms with Gasteiger partial charge in [0.2, 0.25) is 5.91 Å². The minimum Gasteiger partial charge on any atom is -0.453 e. The highest BCUT2D eigenvalue weighted by Gasteiger charge is 2.23. The number of amides is 2. The number of hydrogen-bond donors (Lipinski definition) is 1. The molecule has 0 atom stereocenters. The van der Waals surface area contributed by atoms with Crippen molar-refractivity contribution in [1.29, 1.82) is 0 Å². The third-order valence-corrected chi connectivity index (χ3v) is 5.77. The summed E-state index contributed by atoms with van der Waals surface area (Å²) in [5, 5.41) is 4.23. The number of piperidine rings is 1. The number of carbonyl (C=O) groups excluding carboxylic acids is 2. The number of aromatic nitrogens is 1. The molecule has 0 bridgehead atoms. The second-order valence-electron chi connectivity index (χ2n) is 6.58. The number of likely N-dealkylation sites (tertiary alicyclic amines) is 1. The van der Waals surface area contributed by atoms with Gasteiger partial charge in [0.05, 0.1) is 22.3 Å². The van der Waals surface area contributed by atoms with Gasteiger partial charge in [0.15, 0.2) is 0 Å². The van der Waals surface area contributed by atoms with E-state index in [0.29, 0.717) is 19.5 Å². The highest BCUT2D eigenvalue weighted by molar-refractivity contribution is 7.18. The molecule has 1 aliphatic rings. The number of methoxy groups -OCH3 is 1. The van der Waals surface area contributed by atoms with Crippen molar-refractivity contribution in [3.05, 3.63) is 29.3 Å². The van der Waals surface area contributed by atoms with Gasteiger partial charge in [0.1, 0.15) is 0 Å². The zero-order valence-corrected chi connectivity index (χ0v) is 15.9. The summed E-state index contributed by atoms with van der Waals surface area (Å²) < 4.78 is 5.94. The van der Waals surface area contributed by atoms with Crippen molar-refractivity contribution in [3.8, 4) is 0 Å². The molecule has 1 aromatic heterocycles. The predicted molar refractivity (Wildman–Crippen MR) is 102 cm³/mol. The maximum Gasteiger partial charge on any atom is 0.409 e. The first-order valence-electron chi connectivity index (χ1n) is 9.12. The Bertz CT molecular complexity index is 720. The molecule has 1 aromatic carbocycles. The number of unbranched alkanes of at least 4 members (excludes halogenated alkanes) is 1. The Morgan fingerprint density at radius 1 is 1.27 bits per heavy atom. The van der Waals surface area contributed by atoms with E-state index in [-0.39, 0.29) is 18.0 Å². The molecule has 140 valence electrons. The summed E-state index contributed by atoms with van der Waals surface area (Å²) in [6.07, 6.45) is 4.58. The van der Waals surface area contributed by atoms with E-state index in [9.17, 15) is 9.59 Å². The summed E-state index contributed by atoms with van der Waals surface area (Å²) in [4.78, 5) is 29.9. The summed E-state index contributed by atoms with van der Waals surface area (Å²) >= 11 is 1.73. The minimum absolute atomic E-state index is 0.103. The molecule has 0 unspecified atom stereocenters. The van der Waals surface area contributed by atoms with Crippen LogP contribution >= 0.6 is 11.3 Å². The summed E-state index contributed by atoms with van der Waals surface area (Å²) in [5.74, 6) is 0.103. The first-order chi connectivity index (χ1) is 12.7. The van der Waals surface area contributed by atoms with Crippen molar-refractivity contribution in [2.75, 3.05) is 20.2 Å². The van der Waals surface area contributed by atoms with Crippen LogP contribution in [0.2, 0.25) is 0 Å². The van der Waals surface area contributed by atoms with Crippen molar-refractivity contribution in [2.45, 2.75) is 44.6 Å². The van der Waals surface area contributed by atoms with E-state index < -0.39 is 0 Å². The lowest BCUT2D eigenvalue weighted by atomic mass is 10.0. The summed E-state index contributed by atoms with van der Waals surface area (Å²) in [6.45, 7) is 1.27. The van der Waals surface area contributed by atoms with Gasteiger partial charge in [-0.15, -0.1) is 11.3 Å². The molecule has 2 heterocycles. The first-order valence-corrected chi connectivity index (χ1v) is 9.94. The van der Waals surface area contributed by atoms with Gasteiger partial charge >= 0.3 is 6.09 Å². The summed E-state index contributed by atoms with van der Waals surface area (Å²) in [7, 11) is 1.39. The predicted octanol–water partition coefficient (Wildman–Crippen LogP) is 3.36. The largest absolute Gasteiger partial charge is 0.453 e. The Morgan fingerprint density at radius 3 is 2.77 bits per heavy atom. The minimum atomic E-state index is -0.287. The highest BCUT2D eigenvalue weighted by atomic mass is 32.1. The maximum atomic E-state index is 12.1. The molecule has 0 spiro atoms. The van der Waals surface area contributed by atoms with Crippen LogP contribution in [0.4, 0.5) is 4.79 Å². The van der Waals surface area contributed by atoms with Crippen LogP contribution in [0, 0.1) is 0 Å².